The fourth-order valence-electron chi connectivity index (χ4n) is 1.22. The summed E-state index contributed by atoms with van der Waals surface area (Å²) in [4.78, 5) is 10.5. The van der Waals surface area contributed by atoms with Crippen LogP contribution in [-0.4, -0.2) is 6.29 Å². The lowest BCUT2D eigenvalue weighted by molar-refractivity contribution is -0.110. The number of rotatable bonds is 7. The van der Waals surface area contributed by atoms with Crippen LogP contribution in [0.5, 0.6) is 0 Å². The van der Waals surface area contributed by atoms with E-state index < -0.39 is 0 Å². The monoisotopic (exact) mass is 168 g/mol. The molecule has 0 aliphatic heterocycles. The molecule has 12 heavy (non-hydrogen) atoms. The second kappa shape index (κ2) is 7.08. The van der Waals surface area contributed by atoms with Crippen LogP contribution in [0, 0.1) is 5.92 Å². The van der Waals surface area contributed by atoms with Gasteiger partial charge >= 0.3 is 0 Å². The minimum atomic E-state index is 0.0989. The highest BCUT2D eigenvalue weighted by atomic mass is 16.1. The molecule has 70 valence electrons. The first-order valence-corrected chi connectivity index (χ1v) is 4.83. The van der Waals surface area contributed by atoms with Gasteiger partial charge in [-0.05, 0) is 13.3 Å². The molecule has 0 heterocycles. The molecule has 1 heteroatoms. The number of hydrogen-bond donors (Lipinski definition) is 0. The highest BCUT2D eigenvalue weighted by Crippen LogP contribution is 2.14. The van der Waals surface area contributed by atoms with Crippen LogP contribution in [0.4, 0.5) is 0 Å². The van der Waals surface area contributed by atoms with Crippen molar-refractivity contribution in [3.63, 3.8) is 0 Å². The molecule has 0 aliphatic carbocycles. The first kappa shape index (κ1) is 11.4. The Morgan fingerprint density at radius 3 is 2.50 bits per heavy atom. The molecule has 0 aliphatic rings. The summed E-state index contributed by atoms with van der Waals surface area (Å²) in [5.74, 6) is 0.0989. The SMILES string of the molecule is C=C(C)C(C=O)CCCCCC. The molecule has 0 aromatic heterocycles. The van der Waals surface area contributed by atoms with E-state index in [1.165, 1.54) is 19.3 Å². The van der Waals surface area contributed by atoms with Gasteiger partial charge in [0.15, 0.2) is 0 Å². The van der Waals surface area contributed by atoms with E-state index in [-0.39, 0.29) is 5.92 Å². The van der Waals surface area contributed by atoms with Crippen molar-refractivity contribution < 1.29 is 4.79 Å². The molecule has 1 nitrogen and oxygen atoms in total. The second-order valence-corrected chi connectivity index (χ2v) is 3.44. The summed E-state index contributed by atoms with van der Waals surface area (Å²) in [7, 11) is 0. The molecular formula is C11H20O. The maximum Gasteiger partial charge on any atom is 0.127 e. The molecule has 1 unspecified atom stereocenters. The van der Waals surface area contributed by atoms with Gasteiger partial charge < -0.3 is 4.79 Å². The third kappa shape index (κ3) is 5.11. The highest BCUT2D eigenvalue weighted by molar-refractivity contribution is 5.57. The standard InChI is InChI=1S/C11H20O/c1-4-5-6-7-8-11(9-12)10(2)3/h9,11H,2,4-8H2,1,3H3. The molecule has 0 amide bonds. The first-order valence-electron chi connectivity index (χ1n) is 4.83. The predicted octanol–water partition coefficient (Wildman–Crippen LogP) is 3.35. The van der Waals surface area contributed by atoms with Gasteiger partial charge in [0.25, 0.3) is 0 Å². The first-order chi connectivity index (χ1) is 5.72. The summed E-state index contributed by atoms with van der Waals surface area (Å²) >= 11 is 0. The summed E-state index contributed by atoms with van der Waals surface area (Å²) in [5.41, 5.74) is 1.00. The fraction of sp³-hybridized carbons (Fsp3) is 0.727. The Balaban J connectivity index is 3.45. The molecule has 0 bridgehead atoms. The summed E-state index contributed by atoms with van der Waals surface area (Å²) < 4.78 is 0. The average molecular weight is 168 g/mol. The minimum absolute atomic E-state index is 0.0989. The summed E-state index contributed by atoms with van der Waals surface area (Å²) in [5, 5.41) is 0. The van der Waals surface area contributed by atoms with Gasteiger partial charge in [0.2, 0.25) is 0 Å². The van der Waals surface area contributed by atoms with E-state index in [9.17, 15) is 4.79 Å². The molecule has 0 N–H and O–H groups in total. The molecule has 0 saturated heterocycles. The Labute approximate surface area is 75.9 Å². The van der Waals surface area contributed by atoms with Gasteiger partial charge in [-0.2, -0.15) is 0 Å². The van der Waals surface area contributed by atoms with Crippen LogP contribution in [0.2, 0.25) is 0 Å². The molecule has 0 fully saturated rings. The number of unbranched alkanes of at least 4 members (excludes halogenated alkanes) is 3. The van der Waals surface area contributed by atoms with Gasteiger partial charge in [-0.25, -0.2) is 0 Å². The van der Waals surface area contributed by atoms with E-state index in [0.29, 0.717) is 0 Å². The molecule has 0 aromatic carbocycles. The average Bonchev–Trinajstić information content (AvgIpc) is 2.04. The van der Waals surface area contributed by atoms with Crippen LogP contribution in [0.3, 0.4) is 0 Å². The van der Waals surface area contributed by atoms with Gasteiger partial charge in [-0.1, -0.05) is 44.8 Å². The molecule has 0 spiro atoms. The lowest BCUT2D eigenvalue weighted by atomic mass is 9.96. The van der Waals surface area contributed by atoms with E-state index in [1.807, 2.05) is 6.92 Å². The minimum Gasteiger partial charge on any atom is -0.303 e. The van der Waals surface area contributed by atoms with Crippen molar-refractivity contribution in [3.8, 4) is 0 Å². The van der Waals surface area contributed by atoms with Crippen molar-refractivity contribution >= 4 is 6.29 Å². The number of aldehydes is 1. The summed E-state index contributed by atoms with van der Waals surface area (Å²) in [6.45, 7) is 7.91. The van der Waals surface area contributed by atoms with Gasteiger partial charge in [0, 0.05) is 5.92 Å². The zero-order chi connectivity index (χ0) is 9.40. The fourth-order valence-corrected chi connectivity index (χ4v) is 1.22. The van der Waals surface area contributed by atoms with Crippen molar-refractivity contribution in [1.82, 2.24) is 0 Å². The maximum absolute atomic E-state index is 10.5. The molecular weight excluding hydrogens is 148 g/mol. The second-order valence-electron chi connectivity index (χ2n) is 3.44. The third-order valence-corrected chi connectivity index (χ3v) is 2.17. The van der Waals surface area contributed by atoms with Crippen molar-refractivity contribution in [2.24, 2.45) is 5.92 Å². The Hall–Kier alpha value is -0.590. The van der Waals surface area contributed by atoms with Crippen LogP contribution >= 0.6 is 0 Å². The topological polar surface area (TPSA) is 17.1 Å². The third-order valence-electron chi connectivity index (χ3n) is 2.17. The van der Waals surface area contributed by atoms with Gasteiger partial charge in [0.1, 0.15) is 6.29 Å². The van der Waals surface area contributed by atoms with Crippen LogP contribution in [0.15, 0.2) is 12.2 Å². The van der Waals surface area contributed by atoms with Crippen molar-refractivity contribution in [3.05, 3.63) is 12.2 Å². The Morgan fingerprint density at radius 1 is 1.42 bits per heavy atom. The van der Waals surface area contributed by atoms with E-state index >= 15 is 0 Å². The molecule has 0 rings (SSSR count). The highest BCUT2D eigenvalue weighted by Gasteiger charge is 2.06. The van der Waals surface area contributed by atoms with Crippen LogP contribution < -0.4 is 0 Å². The summed E-state index contributed by atoms with van der Waals surface area (Å²) in [6.07, 6.45) is 6.94. The van der Waals surface area contributed by atoms with Crippen molar-refractivity contribution in [2.75, 3.05) is 0 Å². The predicted molar refractivity (Wildman–Crippen MR) is 53.1 cm³/mol. The Kier molecular flexibility index (Phi) is 6.73. The zero-order valence-corrected chi connectivity index (χ0v) is 8.31. The number of carbonyl (C=O) groups excluding carboxylic acids is 1. The van der Waals surface area contributed by atoms with Crippen molar-refractivity contribution in [2.45, 2.75) is 46.0 Å². The van der Waals surface area contributed by atoms with Gasteiger partial charge in [-0.3, -0.25) is 0 Å². The van der Waals surface area contributed by atoms with Crippen molar-refractivity contribution in [1.29, 1.82) is 0 Å². The van der Waals surface area contributed by atoms with Gasteiger partial charge in [0.05, 0.1) is 0 Å². The lowest BCUT2D eigenvalue weighted by Crippen LogP contribution is -2.02. The molecule has 0 aromatic rings. The largest absolute Gasteiger partial charge is 0.303 e. The Bertz CT molecular complexity index is 138. The smallest absolute Gasteiger partial charge is 0.127 e. The maximum atomic E-state index is 10.5. The number of hydrogen-bond acceptors (Lipinski definition) is 1. The lowest BCUT2D eigenvalue weighted by Gasteiger charge is -2.08. The van der Waals surface area contributed by atoms with E-state index in [0.717, 1.165) is 24.7 Å². The van der Waals surface area contributed by atoms with E-state index in [1.54, 1.807) is 0 Å². The molecule has 1 atom stereocenters. The van der Waals surface area contributed by atoms with Crippen LogP contribution in [0.25, 0.3) is 0 Å². The molecule has 0 radical (unpaired) electrons. The normalized spacial score (nSPS) is 12.5. The van der Waals surface area contributed by atoms with E-state index in [4.69, 9.17) is 0 Å². The van der Waals surface area contributed by atoms with Crippen LogP contribution in [-0.2, 0) is 4.79 Å². The summed E-state index contributed by atoms with van der Waals surface area (Å²) in [6, 6.07) is 0. The van der Waals surface area contributed by atoms with Crippen LogP contribution in [0.1, 0.15) is 46.0 Å². The zero-order valence-electron chi connectivity index (χ0n) is 8.31. The quantitative estimate of drug-likeness (QED) is 0.324. The molecule has 0 saturated carbocycles. The Morgan fingerprint density at radius 2 is 2.08 bits per heavy atom. The van der Waals surface area contributed by atoms with E-state index in [2.05, 4.69) is 13.5 Å². The number of allylic oxidation sites excluding steroid dienone is 1. The number of carbonyl (C=O) groups is 1. The van der Waals surface area contributed by atoms with Gasteiger partial charge in [-0.15, -0.1) is 0 Å².